The molecular formula is C20H24N4O3. The Balaban J connectivity index is 1.37. The van der Waals surface area contributed by atoms with E-state index in [-0.39, 0.29) is 17.9 Å². The Kier molecular flexibility index (Phi) is 4.59. The van der Waals surface area contributed by atoms with Crippen molar-refractivity contribution >= 4 is 11.8 Å². The summed E-state index contributed by atoms with van der Waals surface area (Å²) in [7, 11) is 0. The molecule has 142 valence electrons. The summed E-state index contributed by atoms with van der Waals surface area (Å²) in [5, 5.41) is 4.47. The lowest BCUT2D eigenvalue weighted by Gasteiger charge is -2.38. The van der Waals surface area contributed by atoms with Gasteiger partial charge in [0.05, 0.1) is 25.3 Å². The molecule has 2 aliphatic heterocycles. The minimum absolute atomic E-state index is 0.0180. The van der Waals surface area contributed by atoms with Gasteiger partial charge in [-0.25, -0.2) is 0 Å². The van der Waals surface area contributed by atoms with Gasteiger partial charge in [0.15, 0.2) is 5.69 Å². The molecule has 2 aliphatic rings. The third kappa shape index (κ3) is 3.67. The van der Waals surface area contributed by atoms with Crippen LogP contribution in [-0.4, -0.2) is 57.1 Å². The zero-order valence-electron chi connectivity index (χ0n) is 15.7. The molecule has 1 saturated heterocycles. The molecule has 2 amide bonds. The van der Waals surface area contributed by atoms with Gasteiger partial charge in [-0.2, -0.15) is 5.10 Å². The predicted octanol–water partition coefficient (Wildman–Crippen LogP) is 1.85. The summed E-state index contributed by atoms with van der Waals surface area (Å²) in [6, 6.07) is 9.74. The maximum atomic E-state index is 12.7. The highest BCUT2D eigenvalue weighted by atomic mass is 16.5. The van der Waals surface area contributed by atoms with E-state index < -0.39 is 0 Å². The van der Waals surface area contributed by atoms with Crippen LogP contribution >= 0.6 is 0 Å². The van der Waals surface area contributed by atoms with Crippen molar-refractivity contribution in [3.05, 3.63) is 47.3 Å². The average Bonchev–Trinajstić information content (AvgIpc) is 2.88. The molecule has 0 radical (unpaired) electrons. The van der Waals surface area contributed by atoms with Crippen LogP contribution in [0.2, 0.25) is 0 Å². The van der Waals surface area contributed by atoms with Crippen molar-refractivity contribution in [2.75, 3.05) is 19.6 Å². The zero-order chi connectivity index (χ0) is 19.0. The van der Waals surface area contributed by atoms with E-state index >= 15 is 0 Å². The van der Waals surface area contributed by atoms with E-state index in [0.717, 1.165) is 36.5 Å². The molecule has 0 atom stereocenters. The molecule has 4 rings (SSSR count). The molecule has 3 heterocycles. The van der Waals surface area contributed by atoms with Crippen molar-refractivity contribution in [2.24, 2.45) is 0 Å². The van der Waals surface area contributed by atoms with Crippen molar-refractivity contribution in [2.45, 2.75) is 39.5 Å². The summed E-state index contributed by atoms with van der Waals surface area (Å²) in [6.07, 6.45) is 0.863. The Labute approximate surface area is 158 Å². The molecule has 0 saturated carbocycles. The number of carbonyl (C=O) groups excluding carboxylic acids is 2. The fourth-order valence-electron chi connectivity index (χ4n) is 3.56. The molecule has 27 heavy (non-hydrogen) atoms. The molecule has 0 aliphatic carbocycles. The molecule has 1 aromatic carbocycles. The van der Waals surface area contributed by atoms with E-state index in [1.807, 2.05) is 41.9 Å². The summed E-state index contributed by atoms with van der Waals surface area (Å²) < 4.78 is 7.78. The lowest BCUT2D eigenvalue weighted by Crippen LogP contribution is -2.56. The lowest BCUT2D eigenvalue weighted by atomic mass is 10.1. The minimum Gasteiger partial charge on any atom is -0.487 e. The van der Waals surface area contributed by atoms with Crippen molar-refractivity contribution in [1.29, 1.82) is 0 Å². The largest absolute Gasteiger partial charge is 0.487 e. The highest BCUT2D eigenvalue weighted by Crippen LogP contribution is 2.21. The van der Waals surface area contributed by atoms with Crippen LogP contribution in [0, 0.1) is 6.92 Å². The molecule has 7 nitrogen and oxygen atoms in total. The highest BCUT2D eigenvalue weighted by Gasteiger charge is 2.34. The number of hydrogen-bond acceptors (Lipinski definition) is 4. The molecule has 1 fully saturated rings. The van der Waals surface area contributed by atoms with Gasteiger partial charge in [0.25, 0.3) is 5.91 Å². The van der Waals surface area contributed by atoms with E-state index in [0.29, 0.717) is 25.3 Å². The molecule has 0 spiro atoms. The van der Waals surface area contributed by atoms with Gasteiger partial charge in [-0.15, -0.1) is 0 Å². The number of benzene rings is 1. The van der Waals surface area contributed by atoms with Crippen LogP contribution in [0.1, 0.15) is 35.1 Å². The topological polar surface area (TPSA) is 67.7 Å². The van der Waals surface area contributed by atoms with Gasteiger partial charge in [-0.3, -0.25) is 14.3 Å². The SMILES string of the molecule is CC(=O)N1CCCn2nc(C(=O)N3CC(Oc4cccc(C)c4)C3)cc2C1. The smallest absolute Gasteiger partial charge is 0.274 e. The number of ether oxygens (including phenoxy) is 1. The lowest BCUT2D eigenvalue weighted by molar-refractivity contribution is -0.129. The van der Waals surface area contributed by atoms with Crippen LogP contribution in [0.5, 0.6) is 5.75 Å². The molecule has 2 aromatic rings. The van der Waals surface area contributed by atoms with Crippen molar-refractivity contribution < 1.29 is 14.3 Å². The van der Waals surface area contributed by atoms with Crippen LogP contribution < -0.4 is 4.74 Å². The molecule has 0 bridgehead atoms. The fourth-order valence-corrected chi connectivity index (χ4v) is 3.56. The van der Waals surface area contributed by atoms with E-state index in [1.54, 1.807) is 16.7 Å². The molecule has 0 unspecified atom stereocenters. The summed E-state index contributed by atoms with van der Waals surface area (Å²) in [4.78, 5) is 27.9. The quantitative estimate of drug-likeness (QED) is 0.829. The van der Waals surface area contributed by atoms with Crippen LogP contribution in [0.15, 0.2) is 30.3 Å². The maximum Gasteiger partial charge on any atom is 0.274 e. The van der Waals surface area contributed by atoms with E-state index in [4.69, 9.17) is 4.74 Å². The Hall–Kier alpha value is -2.83. The molecular weight excluding hydrogens is 344 g/mol. The number of aromatic nitrogens is 2. The van der Waals surface area contributed by atoms with E-state index in [9.17, 15) is 9.59 Å². The predicted molar refractivity (Wildman–Crippen MR) is 99.4 cm³/mol. The Morgan fingerprint density at radius 1 is 1.15 bits per heavy atom. The van der Waals surface area contributed by atoms with Crippen LogP contribution in [-0.2, 0) is 17.9 Å². The second-order valence-corrected chi connectivity index (χ2v) is 7.30. The first-order valence-corrected chi connectivity index (χ1v) is 9.34. The van der Waals surface area contributed by atoms with Gasteiger partial charge in [-0.05, 0) is 37.1 Å². The second kappa shape index (κ2) is 7.06. The van der Waals surface area contributed by atoms with Gasteiger partial charge < -0.3 is 14.5 Å². The summed E-state index contributed by atoms with van der Waals surface area (Å²) >= 11 is 0. The van der Waals surface area contributed by atoms with Gasteiger partial charge in [0, 0.05) is 20.0 Å². The Morgan fingerprint density at radius 3 is 2.70 bits per heavy atom. The van der Waals surface area contributed by atoms with Crippen LogP contribution in [0.25, 0.3) is 0 Å². The molecule has 0 N–H and O–H groups in total. The summed E-state index contributed by atoms with van der Waals surface area (Å²) in [5.41, 5.74) is 2.52. The molecule has 7 heteroatoms. The van der Waals surface area contributed by atoms with Gasteiger partial charge in [0.1, 0.15) is 11.9 Å². The number of fused-ring (bicyclic) bond motifs is 1. The number of nitrogens with zero attached hydrogens (tertiary/aromatic N) is 4. The van der Waals surface area contributed by atoms with Gasteiger partial charge in [0.2, 0.25) is 5.91 Å². The monoisotopic (exact) mass is 368 g/mol. The van der Waals surface area contributed by atoms with Crippen LogP contribution in [0.4, 0.5) is 0 Å². The van der Waals surface area contributed by atoms with Gasteiger partial charge >= 0.3 is 0 Å². The number of aryl methyl sites for hydroxylation is 2. The van der Waals surface area contributed by atoms with Crippen molar-refractivity contribution in [3.63, 3.8) is 0 Å². The third-order valence-electron chi connectivity index (χ3n) is 5.11. The van der Waals surface area contributed by atoms with Gasteiger partial charge in [-0.1, -0.05) is 12.1 Å². The van der Waals surface area contributed by atoms with Crippen molar-refractivity contribution in [3.8, 4) is 5.75 Å². The fraction of sp³-hybridized carbons (Fsp3) is 0.450. The number of hydrogen-bond donors (Lipinski definition) is 0. The number of rotatable bonds is 3. The second-order valence-electron chi connectivity index (χ2n) is 7.30. The highest BCUT2D eigenvalue weighted by molar-refractivity contribution is 5.93. The van der Waals surface area contributed by atoms with Crippen molar-refractivity contribution in [1.82, 2.24) is 19.6 Å². The maximum absolute atomic E-state index is 12.7. The normalized spacial score (nSPS) is 17.1. The first kappa shape index (κ1) is 17.6. The standard InChI is InChI=1S/C20H24N4O3/c1-14-5-3-6-17(9-14)27-18-12-23(13-18)20(26)19-10-16-11-22(15(2)25)7-4-8-24(16)21-19/h3,5-6,9-10,18H,4,7-8,11-13H2,1-2H3. The number of carbonyl (C=O) groups is 2. The Morgan fingerprint density at radius 2 is 1.96 bits per heavy atom. The first-order chi connectivity index (χ1) is 13.0. The summed E-state index contributed by atoms with van der Waals surface area (Å²) in [5.74, 6) is 0.815. The summed E-state index contributed by atoms with van der Waals surface area (Å²) in [6.45, 7) is 6.70. The zero-order valence-corrected chi connectivity index (χ0v) is 15.7. The third-order valence-corrected chi connectivity index (χ3v) is 5.11. The average molecular weight is 368 g/mol. The molecule has 1 aromatic heterocycles. The number of amides is 2. The first-order valence-electron chi connectivity index (χ1n) is 9.34. The number of likely N-dealkylation sites (tertiary alicyclic amines) is 1. The van der Waals surface area contributed by atoms with E-state index in [1.165, 1.54) is 0 Å². The minimum atomic E-state index is -0.0750. The Bertz CT molecular complexity index is 870. The van der Waals surface area contributed by atoms with Crippen LogP contribution in [0.3, 0.4) is 0 Å². The van der Waals surface area contributed by atoms with E-state index in [2.05, 4.69) is 5.10 Å².